The van der Waals surface area contributed by atoms with Crippen molar-refractivity contribution in [2.24, 2.45) is 0 Å². The van der Waals surface area contributed by atoms with Crippen molar-refractivity contribution in [3.05, 3.63) is 59.5 Å². The van der Waals surface area contributed by atoms with Crippen LogP contribution in [0, 0.1) is 11.8 Å². The average molecular weight is 255 g/mol. The molecule has 1 heterocycles. The molecule has 0 atom stereocenters. The molecule has 0 aliphatic carbocycles. The monoisotopic (exact) mass is 255 g/mol. The van der Waals surface area contributed by atoms with Crippen molar-refractivity contribution in [2.45, 2.75) is 6.54 Å². The molecule has 0 radical (unpaired) electrons. The molecule has 0 spiro atoms. The van der Waals surface area contributed by atoms with Gasteiger partial charge in [-0.2, -0.15) is 0 Å². The van der Waals surface area contributed by atoms with Crippen LogP contribution in [-0.2, 0) is 6.54 Å². The summed E-state index contributed by atoms with van der Waals surface area (Å²) in [6, 6.07) is 10.7. The van der Waals surface area contributed by atoms with E-state index in [0.717, 1.165) is 11.1 Å². The number of hydrogen-bond acceptors (Lipinski definition) is 3. The second-order valence-electron chi connectivity index (χ2n) is 3.82. The molecule has 1 amide bonds. The lowest BCUT2D eigenvalue weighted by Gasteiger charge is -2.03. The summed E-state index contributed by atoms with van der Waals surface area (Å²) >= 11 is 0. The lowest BCUT2D eigenvalue weighted by atomic mass is 10.1. The number of carbonyl (C=O) groups excluding carboxylic acids is 1. The van der Waals surface area contributed by atoms with Crippen LogP contribution in [0.3, 0.4) is 0 Å². The number of hydrogen-bond donors (Lipinski definition) is 2. The van der Waals surface area contributed by atoms with Crippen LogP contribution in [0.2, 0.25) is 0 Å². The zero-order valence-corrected chi connectivity index (χ0v) is 10.2. The first-order chi connectivity index (χ1) is 9.29. The van der Waals surface area contributed by atoms with Gasteiger partial charge in [0.2, 0.25) is 0 Å². The highest BCUT2D eigenvalue weighted by Crippen LogP contribution is 2.04. The van der Waals surface area contributed by atoms with Crippen LogP contribution in [-0.4, -0.2) is 17.6 Å². The minimum atomic E-state index is -0.242. The van der Waals surface area contributed by atoms with Crippen LogP contribution in [0.4, 0.5) is 0 Å². The predicted octanol–water partition coefficient (Wildman–Crippen LogP) is 1.55. The molecule has 0 aliphatic rings. The Kier molecular flexibility index (Phi) is 4.38. The van der Waals surface area contributed by atoms with E-state index >= 15 is 0 Å². The highest BCUT2D eigenvalue weighted by molar-refractivity contribution is 5.91. The highest BCUT2D eigenvalue weighted by Gasteiger charge is 2.07. The lowest BCUT2D eigenvalue weighted by Crippen LogP contribution is -2.22. The first-order valence-corrected chi connectivity index (χ1v) is 5.80. The maximum absolute atomic E-state index is 11.6. The maximum Gasteiger partial charge on any atom is 0.287 e. The van der Waals surface area contributed by atoms with E-state index in [1.54, 1.807) is 12.1 Å². The minimum absolute atomic E-state index is 0.152. The number of aliphatic hydroxyl groups is 1. The van der Waals surface area contributed by atoms with Gasteiger partial charge in [0.05, 0.1) is 6.26 Å². The van der Waals surface area contributed by atoms with Crippen molar-refractivity contribution in [2.75, 3.05) is 6.61 Å². The molecule has 96 valence electrons. The SMILES string of the molecule is O=C(NCc1ccc(C#CCO)cc1)c1ccco1. The summed E-state index contributed by atoms with van der Waals surface area (Å²) in [5, 5.41) is 11.3. The van der Waals surface area contributed by atoms with Gasteiger partial charge in [0.15, 0.2) is 5.76 Å². The average Bonchev–Trinajstić information content (AvgIpc) is 2.98. The van der Waals surface area contributed by atoms with Gasteiger partial charge in [-0.05, 0) is 29.8 Å². The lowest BCUT2D eigenvalue weighted by molar-refractivity contribution is 0.0923. The Hall–Kier alpha value is -2.51. The highest BCUT2D eigenvalue weighted by atomic mass is 16.3. The molecule has 0 aliphatic heterocycles. The molecule has 0 saturated heterocycles. The fourth-order valence-corrected chi connectivity index (χ4v) is 1.52. The smallest absolute Gasteiger partial charge is 0.287 e. The van der Waals surface area contributed by atoms with E-state index in [4.69, 9.17) is 9.52 Å². The largest absolute Gasteiger partial charge is 0.459 e. The van der Waals surface area contributed by atoms with Gasteiger partial charge in [0.1, 0.15) is 6.61 Å². The van der Waals surface area contributed by atoms with Gasteiger partial charge in [-0.25, -0.2) is 0 Å². The first kappa shape index (κ1) is 12.9. The van der Waals surface area contributed by atoms with Crippen molar-refractivity contribution in [1.29, 1.82) is 0 Å². The molecule has 0 bridgehead atoms. The van der Waals surface area contributed by atoms with Gasteiger partial charge in [-0.3, -0.25) is 4.79 Å². The van der Waals surface area contributed by atoms with E-state index in [1.807, 2.05) is 24.3 Å². The van der Waals surface area contributed by atoms with Gasteiger partial charge >= 0.3 is 0 Å². The minimum Gasteiger partial charge on any atom is -0.459 e. The molecule has 1 aromatic carbocycles. The Labute approximate surface area is 111 Å². The number of rotatable bonds is 3. The van der Waals surface area contributed by atoms with Crippen LogP contribution in [0.5, 0.6) is 0 Å². The molecule has 2 N–H and O–H groups in total. The summed E-state index contributed by atoms with van der Waals surface area (Å²) in [4.78, 5) is 11.6. The molecule has 1 aromatic heterocycles. The molecule has 2 aromatic rings. The number of carbonyl (C=O) groups is 1. The Morgan fingerprint density at radius 2 is 2.05 bits per heavy atom. The molecule has 0 unspecified atom stereocenters. The quantitative estimate of drug-likeness (QED) is 0.818. The number of benzene rings is 1. The van der Waals surface area contributed by atoms with Crippen molar-refractivity contribution in [3.8, 4) is 11.8 Å². The van der Waals surface area contributed by atoms with E-state index in [-0.39, 0.29) is 12.5 Å². The third-order valence-corrected chi connectivity index (χ3v) is 2.46. The van der Waals surface area contributed by atoms with E-state index in [9.17, 15) is 4.79 Å². The predicted molar refractivity (Wildman–Crippen MR) is 70.3 cm³/mol. The first-order valence-electron chi connectivity index (χ1n) is 5.80. The van der Waals surface area contributed by atoms with E-state index in [2.05, 4.69) is 17.2 Å². The summed E-state index contributed by atoms with van der Waals surface area (Å²) in [7, 11) is 0. The Morgan fingerprint density at radius 3 is 2.68 bits per heavy atom. The third kappa shape index (κ3) is 3.73. The van der Waals surface area contributed by atoms with E-state index in [1.165, 1.54) is 6.26 Å². The standard InChI is InChI=1S/C15H13NO3/c17-9-1-3-12-5-7-13(8-6-12)11-16-15(18)14-4-2-10-19-14/h2,4-8,10,17H,9,11H2,(H,16,18). The maximum atomic E-state index is 11.6. The normalized spacial score (nSPS) is 9.53. The molecule has 4 nitrogen and oxygen atoms in total. The van der Waals surface area contributed by atoms with Gasteiger partial charge in [0.25, 0.3) is 5.91 Å². The Morgan fingerprint density at radius 1 is 1.26 bits per heavy atom. The van der Waals surface area contributed by atoms with Crippen molar-refractivity contribution < 1.29 is 14.3 Å². The van der Waals surface area contributed by atoms with Crippen LogP contribution in [0.1, 0.15) is 21.7 Å². The molecular weight excluding hydrogens is 242 g/mol. The number of nitrogens with one attached hydrogen (secondary N) is 1. The molecule has 0 fully saturated rings. The number of amides is 1. The zero-order chi connectivity index (χ0) is 13.5. The van der Waals surface area contributed by atoms with Crippen molar-refractivity contribution >= 4 is 5.91 Å². The van der Waals surface area contributed by atoms with E-state index < -0.39 is 0 Å². The van der Waals surface area contributed by atoms with Crippen LogP contribution < -0.4 is 5.32 Å². The van der Waals surface area contributed by atoms with Crippen molar-refractivity contribution in [3.63, 3.8) is 0 Å². The zero-order valence-electron chi connectivity index (χ0n) is 10.2. The summed E-state index contributed by atoms with van der Waals surface area (Å²) in [6.45, 7) is 0.272. The third-order valence-electron chi connectivity index (χ3n) is 2.46. The molecular formula is C15H13NO3. The van der Waals surface area contributed by atoms with Gasteiger partial charge < -0.3 is 14.8 Å². The second kappa shape index (κ2) is 6.43. The summed E-state index contributed by atoms with van der Waals surface area (Å²) in [5.74, 6) is 5.44. The van der Waals surface area contributed by atoms with Gasteiger partial charge in [0, 0.05) is 12.1 Å². The summed E-state index contributed by atoms with van der Waals surface area (Å²) in [6.07, 6.45) is 1.46. The fraction of sp³-hybridized carbons (Fsp3) is 0.133. The Balaban J connectivity index is 1.91. The summed E-state index contributed by atoms with van der Waals surface area (Å²) < 4.78 is 4.99. The topological polar surface area (TPSA) is 62.5 Å². The van der Waals surface area contributed by atoms with E-state index in [0.29, 0.717) is 12.3 Å². The summed E-state index contributed by atoms with van der Waals surface area (Å²) in [5.41, 5.74) is 1.80. The number of furan rings is 1. The molecule has 4 heteroatoms. The van der Waals surface area contributed by atoms with Crippen LogP contribution in [0.15, 0.2) is 47.1 Å². The number of aliphatic hydroxyl groups excluding tert-OH is 1. The van der Waals surface area contributed by atoms with Gasteiger partial charge in [-0.1, -0.05) is 24.0 Å². The van der Waals surface area contributed by atoms with Crippen LogP contribution in [0.25, 0.3) is 0 Å². The fourth-order valence-electron chi connectivity index (χ4n) is 1.52. The second-order valence-corrected chi connectivity index (χ2v) is 3.82. The Bertz CT molecular complexity index is 589. The van der Waals surface area contributed by atoms with Crippen LogP contribution >= 0.6 is 0 Å². The molecule has 19 heavy (non-hydrogen) atoms. The van der Waals surface area contributed by atoms with Crippen molar-refractivity contribution in [1.82, 2.24) is 5.32 Å². The molecule has 2 rings (SSSR count). The van der Waals surface area contributed by atoms with Gasteiger partial charge in [-0.15, -0.1) is 0 Å². The molecule has 0 saturated carbocycles.